The van der Waals surface area contributed by atoms with Crippen molar-refractivity contribution in [2.75, 3.05) is 27.2 Å². The lowest BCUT2D eigenvalue weighted by atomic mass is 9.99. The van der Waals surface area contributed by atoms with Gasteiger partial charge in [0.15, 0.2) is 0 Å². The van der Waals surface area contributed by atoms with Crippen LogP contribution in [0.2, 0.25) is 0 Å². The van der Waals surface area contributed by atoms with Crippen molar-refractivity contribution in [3.05, 3.63) is 29.3 Å². The van der Waals surface area contributed by atoms with Gasteiger partial charge in [-0.25, -0.2) is 0 Å². The number of benzene rings is 1. The van der Waals surface area contributed by atoms with Gasteiger partial charge in [-0.15, -0.1) is 0 Å². The van der Waals surface area contributed by atoms with Gasteiger partial charge in [-0.2, -0.15) is 0 Å². The summed E-state index contributed by atoms with van der Waals surface area (Å²) < 4.78 is 0. The summed E-state index contributed by atoms with van der Waals surface area (Å²) in [7, 11) is 4.47. The van der Waals surface area contributed by atoms with E-state index >= 15 is 0 Å². The van der Waals surface area contributed by atoms with Crippen molar-refractivity contribution in [2.24, 2.45) is 0 Å². The van der Waals surface area contributed by atoms with Gasteiger partial charge in [-0.1, -0.05) is 12.1 Å². The lowest BCUT2D eigenvalue weighted by Gasteiger charge is -2.38. The maximum absolute atomic E-state index is 9.95. The van der Waals surface area contributed by atoms with Crippen LogP contribution in [0.25, 0.3) is 0 Å². The number of hydrogen-bond acceptors (Lipinski definition) is 3. The maximum Gasteiger partial charge on any atom is 0.119 e. The standard InChI is InChI=1S/C16H24N2O/c1-17-10-8-12(9-11-17)18(2)15-7-6-14-13(15)4-3-5-16(14)19/h3-5,12,15,19H,6-11H2,1-2H3. The molecule has 1 aliphatic heterocycles. The summed E-state index contributed by atoms with van der Waals surface area (Å²) in [6.45, 7) is 2.41. The topological polar surface area (TPSA) is 26.7 Å². The van der Waals surface area contributed by atoms with Crippen LogP contribution in [0.4, 0.5) is 0 Å². The van der Waals surface area contributed by atoms with Crippen molar-refractivity contribution in [1.82, 2.24) is 9.80 Å². The van der Waals surface area contributed by atoms with Crippen LogP contribution in [-0.2, 0) is 6.42 Å². The van der Waals surface area contributed by atoms with Gasteiger partial charge in [0, 0.05) is 12.1 Å². The third kappa shape index (κ3) is 2.37. The van der Waals surface area contributed by atoms with Crippen LogP contribution < -0.4 is 0 Å². The van der Waals surface area contributed by atoms with Gasteiger partial charge in [-0.3, -0.25) is 4.90 Å². The normalized spacial score (nSPS) is 24.9. The van der Waals surface area contributed by atoms with Crippen LogP contribution in [-0.4, -0.2) is 48.1 Å². The quantitative estimate of drug-likeness (QED) is 0.884. The average Bonchev–Trinajstić information content (AvgIpc) is 2.84. The predicted octanol–water partition coefficient (Wildman–Crippen LogP) is 2.41. The van der Waals surface area contributed by atoms with Crippen LogP contribution in [0.1, 0.15) is 36.4 Å². The second kappa shape index (κ2) is 5.14. The molecule has 3 rings (SSSR count). The van der Waals surface area contributed by atoms with E-state index in [9.17, 15) is 5.11 Å². The van der Waals surface area contributed by atoms with E-state index < -0.39 is 0 Å². The first kappa shape index (κ1) is 12.9. The minimum Gasteiger partial charge on any atom is -0.508 e. The van der Waals surface area contributed by atoms with Gasteiger partial charge in [0.05, 0.1) is 0 Å². The molecule has 1 fully saturated rings. The van der Waals surface area contributed by atoms with Gasteiger partial charge in [0.1, 0.15) is 5.75 Å². The Balaban J connectivity index is 1.76. The van der Waals surface area contributed by atoms with E-state index in [1.54, 1.807) is 0 Å². The molecule has 0 bridgehead atoms. The fourth-order valence-electron chi connectivity index (χ4n) is 3.69. The molecular weight excluding hydrogens is 236 g/mol. The molecule has 0 radical (unpaired) electrons. The zero-order valence-corrected chi connectivity index (χ0v) is 12.0. The van der Waals surface area contributed by atoms with Crippen molar-refractivity contribution in [3.8, 4) is 5.75 Å². The second-order valence-corrected chi connectivity index (χ2v) is 6.10. The van der Waals surface area contributed by atoms with E-state index in [0.717, 1.165) is 12.8 Å². The molecule has 1 N–H and O–H groups in total. The molecule has 19 heavy (non-hydrogen) atoms. The first-order valence-corrected chi connectivity index (χ1v) is 7.38. The number of aromatic hydroxyl groups is 1. The predicted molar refractivity (Wildman–Crippen MR) is 77.5 cm³/mol. The molecule has 0 saturated carbocycles. The largest absolute Gasteiger partial charge is 0.508 e. The average molecular weight is 260 g/mol. The third-order valence-electron chi connectivity index (χ3n) is 4.97. The smallest absolute Gasteiger partial charge is 0.119 e. The number of nitrogens with zero attached hydrogens (tertiary/aromatic N) is 2. The van der Waals surface area contributed by atoms with Gasteiger partial charge >= 0.3 is 0 Å². The van der Waals surface area contributed by atoms with Crippen molar-refractivity contribution in [3.63, 3.8) is 0 Å². The molecule has 0 amide bonds. The summed E-state index contributed by atoms with van der Waals surface area (Å²) in [6.07, 6.45) is 4.69. The van der Waals surface area contributed by atoms with Crippen molar-refractivity contribution in [2.45, 2.75) is 37.8 Å². The Bertz CT molecular complexity index is 452. The maximum atomic E-state index is 9.95. The fourth-order valence-corrected chi connectivity index (χ4v) is 3.69. The highest BCUT2D eigenvalue weighted by Gasteiger charge is 2.32. The Labute approximate surface area is 115 Å². The highest BCUT2D eigenvalue weighted by molar-refractivity contribution is 5.44. The molecule has 1 saturated heterocycles. The third-order valence-corrected chi connectivity index (χ3v) is 4.97. The lowest BCUT2D eigenvalue weighted by Crippen LogP contribution is -2.43. The van der Waals surface area contributed by atoms with E-state index in [1.165, 1.54) is 37.1 Å². The molecular formula is C16H24N2O. The number of rotatable bonds is 2. The zero-order valence-electron chi connectivity index (χ0n) is 12.0. The number of piperidine rings is 1. The van der Waals surface area contributed by atoms with Gasteiger partial charge in [0.25, 0.3) is 0 Å². The van der Waals surface area contributed by atoms with Crippen LogP contribution in [0.3, 0.4) is 0 Å². The lowest BCUT2D eigenvalue weighted by molar-refractivity contribution is 0.107. The molecule has 0 spiro atoms. The minimum atomic E-state index is 0.483. The molecule has 1 aliphatic carbocycles. The van der Waals surface area contributed by atoms with E-state index in [4.69, 9.17) is 0 Å². The van der Waals surface area contributed by atoms with Gasteiger partial charge in [0.2, 0.25) is 0 Å². The highest BCUT2D eigenvalue weighted by Crippen LogP contribution is 2.40. The number of likely N-dealkylation sites (tertiary alicyclic amines) is 1. The van der Waals surface area contributed by atoms with Crippen LogP contribution in [0.15, 0.2) is 18.2 Å². The van der Waals surface area contributed by atoms with Gasteiger partial charge in [-0.05, 0) is 70.1 Å². The number of hydrogen-bond donors (Lipinski definition) is 1. The first-order chi connectivity index (χ1) is 9.16. The summed E-state index contributed by atoms with van der Waals surface area (Å²) in [5.74, 6) is 0.483. The molecule has 0 aromatic heterocycles. The monoisotopic (exact) mass is 260 g/mol. The summed E-state index contributed by atoms with van der Waals surface area (Å²) in [5.41, 5.74) is 2.52. The number of phenolic OH excluding ortho intramolecular Hbond substituents is 1. The van der Waals surface area contributed by atoms with E-state index in [1.807, 2.05) is 12.1 Å². The second-order valence-electron chi connectivity index (χ2n) is 6.10. The van der Waals surface area contributed by atoms with Crippen LogP contribution in [0, 0.1) is 0 Å². The SMILES string of the molecule is CN1CCC(N(C)C2CCc3c(O)cccc32)CC1. The van der Waals surface area contributed by atoms with Crippen LogP contribution >= 0.6 is 0 Å². The van der Waals surface area contributed by atoms with Crippen LogP contribution in [0.5, 0.6) is 5.75 Å². The molecule has 1 aromatic rings. The number of phenols is 1. The molecule has 1 aromatic carbocycles. The molecule has 3 nitrogen and oxygen atoms in total. The molecule has 2 aliphatic rings. The van der Waals surface area contributed by atoms with E-state index in [0.29, 0.717) is 17.8 Å². The number of fused-ring (bicyclic) bond motifs is 1. The van der Waals surface area contributed by atoms with E-state index in [2.05, 4.69) is 30.0 Å². The van der Waals surface area contributed by atoms with E-state index in [-0.39, 0.29) is 0 Å². The Morgan fingerprint density at radius 1 is 1.21 bits per heavy atom. The fraction of sp³-hybridized carbons (Fsp3) is 0.625. The van der Waals surface area contributed by atoms with Gasteiger partial charge < -0.3 is 10.0 Å². The Morgan fingerprint density at radius 2 is 1.95 bits per heavy atom. The van der Waals surface area contributed by atoms with Crippen molar-refractivity contribution < 1.29 is 5.11 Å². The van der Waals surface area contributed by atoms with Crippen molar-refractivity contribution in [1.29, 1.82) is 0 Å². The zero-order chi connectivity index (χ0) is 13.4. The summed E-state index contributed by atoms with van der Waals surface area (Å²) in [4.78, 5) is 4.97. The Kier molecular flexibility index (Phi) is 3.50. The first-order valence-electron chi connectivity index (χ1n) is 7.38. The summed E-state index contributed by atoms with van der Waals surface area (Å²) >= 11 is 0. The summed E-state index contributed by atoms with van der Waals surface area (Å²) in [5, 5.41) is 9.95. The minimum absolute atomic E-state index is 0.483. The Hall–Kier alpha value is -1.06. The molecule has 1 heterocycles. The van der Waals surface area contributed by atoms with Crippen molar-refractivity contribution >= 4 is 0 Å². The Morgan fingerprint density at radius 3 is 2.68 bits per heavy atom. The molecule has 104 valence electrons. The molecule has 1 unspecified atom stereocenters. The highest BCUT2D eigenvalue weighted by atomic mass is 16.3. The molecule has 3 heteroatoms. The molecule has 1 atom stereocenters. The summed E-state index contributed by atoms with van der Waals surface area (Å²) in [6, 6.07) is 7.18.